The van der Waals surface area contributed by atoms with E-state index in [1.54, 1.807) is 0 Å². The van der Waals surface area contributed by atoms with Crippen LogP contribution in [-0.4, -0.2) is 20.6 Å². The number of aromatic amines is 1. The molecule has 2 heterocycles. The fourth-order valence-electron chi connectivity index (χ4n) is 3.61. The van der Waals surface area contributed by atoms with Gasteiger partial charge in [-0.15, -0.1) is 10.2 Å². The molecule has 5 rings (SSSR count). The number of tetrazole rings is 1. The van der Waals surface area contributed by atoms with Crippen LogP contribution >= 0.6 is 0 Å². The molecule has 0 spiro atoms. The van der Waals surface area contributed by atoms with Crippen molar-refractivity contribution in [3.05, 3.63) is 102 Å². The van der Waals surface area contributed by atoms with Gasteiger partial charge in [0, 0.05) is 24.0 Å². The van der Waals surface area contributed by atoms with Gasteiger partial charge in [-0.2, -0.15) is 5.21 Å². The summed E-state index contributed by atoms with van der Waals surface area (Å²) < 4.78 is 0. The molecule has 0 saturated carbocycles. The van der Waals surface area contributed by atoms with Crippen molar-refractivity contribution in [2.75, 3.05) is 4.90 Å². The number of benzene rings is 3. The summed E-state index contributed by atoms with van der Waals surface area (Å²) in [5.74, 6) is 0.600. The van der Waals surface area contributed by atoms with Gasteiger partial charge in [0.05, 0.1) is 0 Å². The average molecular weight is 377 g/mol. The second-order valence-electron chi connectivity index (χ2n) is 6.87. The molecule has 1 aromatic heterocycles. The van der Waals surface area contributed by atoms with Gasteiger partial charge >= 0.3 is 0 Å². The van der Waals surface area contributed by atoms with E-state index < -0.39 is 0 Å². The molecule has 0 amide bonds. The minimum Gasteiger partial charge on any atom is -0.343 e. The smallest absolute Gasteiger partial charge is 0.205 e. The van der Waals surface area contributed by atoms with E-state index in [1.807, 2.05) is 18.2 Å². The van der Waals surface area contributed by atoms with Gasteiger partial charge < -0.3 is 4.90 Å². The molecule has 140 valence electrons. The van der Waals surface area contributed by atoms with Gasteiger partial charge in [0.25, 0.3) is 0 Å². The summed E-state index contributed by atoms with van der Waals surface area (Å²) in [4.78, 5) is 2.28. The molecule has 1 aliphatic heterocycles. The highest BCUT2D eigenvalue weighted by atomic mass is 15.5. The molecule has 5 nitrogen and oxygen atoms in total. The monoisotopic (exact) mass is 377 g/mol. The third kappa shape index (κ3) is 3.46. The second-order valence-corrected chi connectivity index (χ2v) is 6.87. The summed E-state index contributed by atoms with van der Waals surface area (Å²) >= 11 is 0. The first-order valence-electron chi connectivity index (χ1n) is 9.51. The van der Waals surface area contributed by atoms with Gasteiger partial charge in [-0.05, 0) is 39.6 Å². The van der Waals surface area contributed by atoms with Crippen molar-refractivity contribution in [1.82, 2.24) is 20.6 Å². The van der Waals surface area contributed by atoms with Gasteiger partial charge in [-0.25, -0.2) is 0 Å². The summed E-state index contributed by atoms with van der Waals surface area (Å²) in [6.07, 6.45) is 8.43. The van der Waals surface area contributed by atoms with Gasteiger partial charge in [0.2, 0.25) is 5.82 Å². The molecule has 0 unspecified atom stereocenters. The maximum Gasteiger partial charge on any atom is 0.205 e. The van der Waals surface area contributed by atoms with Crippen LogP contribution < -0.4 is 4.90 Å². The Labute approximate surface area is 169 Å². The zero-order valence-corrected chi connectivity index (χ0v) is 15.7. The highest BCUT2D eigenvalue weighted by Gasteiger charge is 2.12. The first kappa shape index (κ1) is 17.1. The first-order valence-corrected chi connectivity index (χ1v) is 9.51. The molecule has 0 bridgehead atoms. The number of rotatable bonds is 4. The van der Waals surface area contributed by atoms with E-state index in [0.717, 1.165) is 23.2 Å². The minimum absolute atomic E-state index is 0.600. The molecule has 0 atom stereocenters. The molecule has 29 heavy (non-hydrogen) atoms. The molecule has 1 N–H and O–H groups in total. The van der Waals surface area contributed by atoms with Crippen molar-refractivity contribution in [1.29, 1.82) is 0 Å². The summed E-state index contributed by atoms with van der Waals surface area (Å²) in [5, 5.41) is 14.5. The third-order valence-corrected chi connectivity index (χ3v) is 5.03. The Morgan fingerprint density at radius 2 is 1.59 bits per heavy atom. The van der Waals surface area contributed by atoms with Crippen molar-refractivity contribution in [3.8, 4) is 22.5 Å². The third-order valence-electron chi connectivity index (χ3n) is 5.03. The molecular formula is C24H19N5. The van der Waals surface area contributed by atoms with E-state index in [1.165, 1.54) is 16.8 Å². The van der Waals surface area contributed by atoms with Gasteiger partial charge in [-0.3, -0.25) is 0 Å². The van der Waals surface area contributed by atoms with Crippen LogP contribution in [0.5, 0.6) is 0 Å². The average Bonchev–Trinajstić information content (AvgIpc) is 3.24. The number of para-hydroxylation sites is 1. The van der Waals surface area contributed by atoms with Crippen molar-refractivity contribution in [3.63, 3.8) is 0 Å². The van der Waals surface area contributed by atoms with Gasteiger partial charge in [-0.1, -0.05) is 78.9 Å². The Kier molecular flexibility index (Phi) is 4.47. The zero-order chi connectivity index (χ0) is 19.5. The predicted molar refractivity (Wildman–Crippen MR) is 116 cm³/mol. The number of allylic oxidation sites excluding steroid dienone is 2. The molecule has 0 radical (unpaired) electrons. The quantitative estimate of drug-likeness (QED) is 0.539. The highest BCUT2D eigenvalue weighted by Crippen LogP contribution is 2.31. The number of fused-ring (bicyclic) bond motifs is 1. The van der Waals surface area contributed by atoms with Gasteiger partial charge in [0.15, 0.2) is 0 Å². The Morgan fingerprint density at radius 1 is 0.793 bits per heavy atom. The Bertz CT molecular complexity index is 1170. The second kappa shape index (κ2) is 7.56. The largest absolute Gasteiger partial charge is 0.343 e. The number of nitrogens with one attached hydrogen (secondary N) is 1. The number of H-pyrrole nitrogens is 1. The summed E-state index contributed by atoms with van der Waals surface area (Å²) in [6, 6.07) is 25.2. The number of aromatic nitrogens is 4. The maximum absolute atomic E-state index is 4.13. The molecule has 3 aromatic carbocycles. The maximum atomic E-state index is 4.13. The topological polar surface area (TPSA) is 57.7 Å². The minimum atomic E-state index is 0.600. The molecule has 1 aliphatic rings. The summed E-state index contributed by atoms with van der Waals surface area (Å²) in [6.45, 7) is 0.808. The number of hydrogen-bond acceptors (Lipinski definition) is 4. The first-order chi connectivity index (χ1) is 14.4. The zero-order valence-electron chi connectivity index (χ0n) is 15.7. The molecular weight excluding hydrogens is 358 g/mol. The van der Waals surface area contributed by atoms with Gasteiger partial charge in [0.1, 0.15) is 0 Å². The fraction of sp³-hybridized carbons (Fsp3) is 0.0417. The van der Waals surface area contributed by atoms with Crippen molar-refractivity contribution < 1.29 is 0 Å². The fourth-order valence-corrected chi connectivity index (χ4v) is 3.61. The van der Waals surface area contributed by atoms with Crippen LogP contribution in [0, 0.1) is 0 Å². The highest BCUT2D eigenvalue weighted by molar-refractivity contribution is 5.80. The van der Waals surface area contributed by atoms with E-state index in [4.69, 9.17) is 0 Å². The lowest BCUT2D eigenvalue weighted by Crippen LogP contribution is -2.15. The predicted octanol–water partition coefficient (Wildman–Crippen LogP) is 5.08. The number of hydrogen-bond donors (Lipinski definition) is 1. The van der Waals surface area contributed by atoms with Crippen molar-refractivity contribution >= 4 is 11.8 Å². The summed E-state index contributed by atoms with van der Waals surface area (Å²) in [7, 11) is 0. The van der Waals surface area contributed by atoms with Crippen molar-refractivity contribution in [2.24, 2.45) is 0 Å². The molecule has 4 aromatic rings. The lowest BCUT2D eigenvalue weighted by Gasteiger charge is -2.22. The van der Waals surface area contributed by atoms with Crippen LogP contribution in [0.1, 0.15) is 11.1 Å². The van der Waals surface area contributed by atoms with Crippen LogP contribution in [0.4, 0.5) is 5.69 Å². The van der Waals surface area contributed by atoms with Crippen LogP contribution in [0.15, 0.2) is 91.1 Å². The molecule has 0 aliphatic carbocycles. The lowest BCUT2D eigenvalue weighted by molar-refractivity contribution is 0.881. The Morgan fingerprint density at radius 3 is 2.41 bits per heavy atom. The van der Waals surface area contributed by atoms with E-state index >= 15 is 0 Å². The standard InChI is InChI=1S/C24H19N5/c1-4-11-23-20(7-1)8-5-6-16-29(23)17-18-12-14-19(15-13-18)21-9-2-3-10-22(21)24-25-27-28-26-24/h1-16H,17H2,(H,25,26,27,28). The molecule has 5 heteroatoms. The molecule has 0 saturated heterocycles. The van der Waals surface area contributed by atoms with E-state index in [2.05, 4.69) is 105 Å². The number of anilines is 1. The normalized spacial score (nSPS) is 12.6. The van der Waals surface area contributed by atoms with E-state index in [9.17, 15) is 0 Å². The molecule has 0 fully saturated rings. The van der Waals surface area contributed by atoms with Crippen LogP contribution in [0.25, 0.3) is 28.6 Å². The van der Waals surface area contributed by atoms with E-state index in [-0.39, 0.29) is 0 Å². The van der Waals surface area contributed by atoms with Crippen molar-refractivity contribution in [2.45, 2.75) is 6.54 Å². The van der Waals surface area contributed by atoms with Crippen LogP contribution in [0.2, 0.25) is 0 Å². The van der Waals surface area contributed by atoms with E-state index in [0.29, 0.717) is 5.82 Å². The van der Waals surface area contributed by atoms with Crippen LogP contribution in [-0.2, 0) is 6.54 Å². The lowest BCUT2D eigenvalue weighted by atomic mass is 9.98. The number of nitrogens with zero attached hydrogens (tertiary/aromatic N) is 4. The summed E-state index contributed by atoms with van der Waals surface area (Å²) in [5.41, 5.74) is 6.86. The Hall–Kier alpha value is -3.99. The van der Waals surface area contributed by atoms with Crippen LogP contribution in [0.3, 0.4) is 0 Å². The Balaban J connectivity index is 1.43. The SMILES string of the molecule is C1=Cc2ccccc2N(Cc2ccc(-c3ccccc3-c3nn[nH]n3)cc2)C=C1.